The SMILES string of the molecule is O=Cc1cc(/C=C/c2cccc(C(F)(F)F)c2)ccc1O. The Bertz CT molecular complexity index is 688. The first-order valence-corrected chi connectivity index (χ1v) is 6.04. The van der Waals surface area contributed by atoms with Gasteiger partial charge in [-0.2, -0.15) is 13.2 Å². The molecule has 2 nitrogen and oxygen atoms in total. The summed E-state index contributed by atoms with van der Waals surface area (Å²) in [5, 5.41) is 9.37. The van der Waals surface area contributed by atoms with Crippen molar-refractivity contribution < 1.29 is 23.1 Å². The van der Waals surface area contributed by atoms with Crippen molar-refractivity contribution in [1.29, 1.82) is 0 Å². The standard InChI is InChI=1S/C16H11F3O2/c17-16(18,19)14-3-1-2-11(9-14)4-5-12-6-7-15(21)13(8-12)10-20/h1-10,21H/b5-4+. The topological polar surface area (TPSA) is 37.3 Å². The van der Waals surface area contributed by atoms with E-state index in [0.717, 1.165) is 12.1 Å². The highest BCUT2D eigenvalue weighted by Gasteiger charge is 2.30. The third-order valence-corrected chi connectivity index (χ3v) is 2.86. The lowest BCUT2D eigenvalue weighted by atomic mass is 10.1. The van der Waals surface area contributed by atoms with Crippen LogP contribution < -0.4 is 0 Å². The minimum Gasteiger partial charge on any atom is -0.507 e. The van der Waals surface area contributed by atoms with E-state index in [-0.39, 0.29) is 11.3 Å². The molecule has 0 aliphatic carbocycles. The molecule has 5 heteroatoms. The molecule has 0 amide bonds. The van der Waals surface area contributed by atoms with Crippen molar-refractivity contribution in [2.75, 3.05) is 0 Å². The number of benzene rings is 2. The molecule has 0 spiro atoms. The fourth-order valence-electron chi connectivity index (χ4n) is 1.78. The van der Waals surface area contributed by atoms with Crippen LogP contribution in [0.25, 0.3) is 12.2 Å². The molecule has 0 saturated heterocycles. The maximum atomic E-state index is 12.6. The van der Waals surface area contributed by atoms with Gasteiger partial charge in [-0.05, 0) is 35.4 Å². The fourth-order valence-corrected chi connectivity index (χ4v) is 1.78. The predicted octanol–water partition coefficient (Wildman–Crippen LogP) is 4.39. The van der Waals surface area contributed by atoms with E-state index < -0.39 is 11.7 Å². The molecule has 21 heavy (non-hydrogen) atoms. The number of carbonyl (C=O) groups is 1. The number of hydrogen-bond acceptors (Lipinski definition) is 2. The summed E-state index contributed by atoms with van der Waals surface area (Å²) in [6.45, 7) is 0. The number of phenolic OH excluding ortho intramolecular Hbond substituents is 1. The van der Waals surface area contributed by atoms with E-state index in [0.29, 0.717) is 17.4 Å². The van der Waals surface area contributed by atoms with Crippen molar-refractivity contribution in [2.45, 2.75) is 6.18 Å². The third-order valence-electron chi connectivity index (χ3n) is 2.86. The summed E-state index contributed by atoms with van der Waals surface area (Å²) in [6.07, 6.45) is -0.790. The molecule has 108 valence electrons. The minimum absolute atomic E-state index is 0.126. The Balaban J connectivity index is 2.27. The zero-order chi connectivity index (χ0) is 15.5. The Morgan fingerprint density at radius 2 is 1.62 bits per heavy atom. The molecule has 2 rings (SSSR count). The normalized spacial score (nSPS) is 11.8. The quantitative estimate of drug-likeness (QED) is 0.672. The van der Waals surface area contributed by atoms with Crippen LogP contribution in [-0.2, 0) is 6.18 Å². The Hall–Kier alpha value is -2.56. The van der Waals surface area contributed by atoms with Crippen molar-refractivity contribution in [1.82, 2.24) is 0 Å². The van der Waals surface area contributed by atoms with Gasteiger partial charge in [0.25, 0.3) is 0 Å². The first-order chi connectivity index (χ1) is 9.90. The van der Waals surface area contributed by atoms with Crippen molar-refractivity contribution in [2.24, 2.45) is 0 Å². The third kappa shape index (κ3) is 3.72. The molecule has 0 heterocycles. The fraction of sp³-hybridized carbons (Fsp3) is 0.0625. The van der Waals surface area contributed by atoms with E-state index in [1.54, 1.807) is 18.2 Å². The lowest BCUT2D eigenvalue weighted by molar-refractivity contribution is -0.137. The van der Waals surface area contributed by atoms with E-state index in [2.05, 4.69) is 0 Å². The summed E-state index contributed by atoms with van der Waals surface area (Å²) in [7, 11) is 0. The van der Waals surface area contributed by atoms with Crippen LogP contribution in [0.3, 0.4) is 0 Å². The zero-order valence-electron chi connectivity index (χ0n) is 10.8. The van der Waals surface area contributed by atoms with Crippen LogP contribution in [0.4, 0.5) is 13.2 Å². The smallest absolute Gasteiger partial charge is 0.416 e. The second kappa shape index (κ2) is 5.83. The molecule has 0 unspecified atom stereocenters. The predicted molar refractivity (Wildman–Crippen MR) is 73.9 cm³/mol. The van der Waals surface area contributed by atoms with Gasteiger partial charge in [-0.3, -0.25) is 4.79 Å². The molecule has 2 aromatic carbocycles. The molecular formula is C16H11F3O2. The first kappa shape index (κ1) is 14.8. The molecule has 0 aliphatic heterocycles. The average Bonchev–Trinajstić information content (AvgIpc) is 2.46. The maximum absolute atomic E-state index is 12.6. The molecule has 0 aliphatic rings. The van der Waals surface area contributed by atoms with Gasteiger partial charge in [0.05, 0.1) is 11.1 Å². The van der Waals surface area contributed by atoms with Gasteiger partial charge in [-0.15, -0.1) is 0 Å². The van der Waals surface area contributed by atoms with Crippen LogP contribution in [0.15, 0.2) is 42.5 Å². The Kier molecular flexibility index (Phi) is 4.12. The highest BCUT2D eigenvalue weighted by molar-refractivity contribution is 5.81. The van der Waals surface area contributed by atoms with E-state index in [9.17, 15) is 23.1 Å². The number of phenols is 1. The number of alkyl halides is 3. The van der Waals surface area contributed by atoms with Gasteiger partial charge in [0.1, 0.15) is 5.75 Å². The number of halogens is 3. The summed E-state index contributed by atoms with van der Waals surface area (Å²) in [5.74, 6) is -0.138. The van der Waals surface area contributed by atoms with Gasteiger partial charge in [-0.25, -0.2) is 0 Å². The van der Waals surface area contributed by atoms with Crippen molar-refractivity contribution in [3.05, 3.63) is 64.7 Å². The van der Waals surface area contributed by atoms with E-state index in [1.807, 2.05) is 0 Å². The second-order valence-corrected chi connectivity index (χ2v) is 4.39. The first-order valence-electron chi connectivity index (χ1n) is 6.04. The van der Waals surface area contributed by atoms with Crippen molar-refractivity contribution in [3.8, 4) is 5.75 Å². The van der Waals surface area contributed by atoms with Gasteiger partial charge >= 0.3 is 6.18 Å². The highest BCUT2D eigenvalue weighted by atomic mass is 19.4. The maximum Gasteiger partial charge on any atom is 0.416 e. The largest absolute Gasteiger partial charge is 0.507 e. The summed E-state index contributed by atoms with van der Waals surface area (Å²) < 4.78 is 37.8. The van der Waals surface area contributed by atoms with Gasteiger partial charge < -0.3 is 5.11 Å². The van der Waals surface area contributed by atoms with Crippen LogP contribution in [0, 0.1) is 0 Å². The number of aldehydes is 1. The van der Waals surface area contributed by atoms with Gasteiger partial charge in [0.15, 0.2) is 6.29 Å². The lowest BCUT2D eigenvalue weighted by Crippen LogP contribution is -2.04. The molecular weight excluding hydrogens is 281 g/mol. The van der Waals surface area contributed by atoms with Crippen LogP contribution in [0.5, 0.6) is 5.75 Å². The Morgan fingerprint density at radius 1 is 0.952 bits per heavy atom. The van der Waals surface area contributed by atoms with Crippen LogP contribution >= 0.6 is 0 Å². The molecule has 0 atom stereocenters. The van der Waals surface area contributed by atoms with Crippen LogP contribution in [0.1, 0.15) is 27.0 Å². The molecule has 0 saturated carbocycles. The Morgan fingerprint density at radius 3 is 2.24 bits per heavy atom. The monoisotopic (exact) mass is 292 g/mol. The van der Waals surface area contributed by atoms with E-state index >= 15 is 0 Å². The Labute approximate surface area is 119 Å². The number of hydrogen-bond donors (Lipinski definition) is 1. The molecule has 0 bridgehead atoms. The van der Waals surface area contributed by atoms with Crippen molar-refractivity contribution in [3.63, 3.8) is 0 Å². The van der Waals surface area contributed by atoms with Crippen LogP contribution in [0.2, 0.25) is 0 Å². The molecule has 0 fully saturated rings. The minimum atomic E-state index is -4.38. The number of rotatable bonds is 3. The average molecular weight is 292 g/mol. The zero-order valence-corrected chi connectivity index (χ0v) is 10.8. The molecule has 2 aromatic rings. The van der Waals surface area contributed by atoms with Gasteiger partial charge in [0, 0.05) is 0 Å². The van der Waals surface area contributed by atoms with Gasteiger partial charge in [-0.1, -0.05) is 30.4 Å². The van der Waals surface area contributed by atoms with Crippen LogP contribution in [-0.4, -0.2) is 11.4 Å². The molecule has 1 N–H and O–H groups in total. The molecule has 0 aromatic heterocycles. The van der Waals surface area contributed by atoms with E-state index in [4.69, 9.17) is 0 Å². The highest BCUT2D eigenvalue weighted by Crippen LogP contribution is 2.30. The number of carbonyl (C=O) groups excluding carboxylic acids is 1. The summed E-state index contributed by atoms with van der Waals surface area (Å²) in [5.41, 5.74) is 0.406. The number of aromatic hydroxyl groups is 1. The second-order valence-electron chi connectivity index (χ2n) is 4.39. The van der Waals surface area contributed by atoms with Gasteiger partial charge in [0.2, 0.25) is 0 Å². The lowest BCUT2D eigenvalue weighted by Gasteiger charge is -2.06. The summed E-state index contributed by atoms with van der Waals surface area (Å²) in [6, 6.07) is 9.29. The van der Waals surface area contributed by atoms with Crippen molar-refractivity contribution >= 4 is 18.4 Å². The summed E-state index contributed by atoms with van der Waals surface area (Å²) in [4.78, 5) is 10.7. The van der Waals surface area contributed by atoms with E-state index in [1.165, 1.54) is 24.3 Å². The summed E-state index contributed by atoms with van der Waals surface area (Å²) >= 11 is 0. The molecule has 0 radical (unpaired) electrons.